The highest BCUT2D eigenvalue weighted by molar-refractivity contribution is 5.85. The molecule has 0 amide bonds. The molecule has 0 radical (unpaired) electrons. The molecule has 1 aliphatic heterocycles. The zero-order chi connectivity index (χ0) is 15.0. The van der Waals surface area contributed by atoms with Crippen LogP contribution in [0.25, 0.3) is 11.3 Å². The average Bonchev–Trinajstić information content (AvgIpc) is 2.88. The Hall–Kier alpha value is -2.50. The Morgan fingerprint density at radius 3 is 2.57 bits per heavy atom. The number of hydrogen-bond acceptors (Lipinski definition) is 5. The Morgan fingerprint density at radius 2 is 1.90 bits per heavy atom. The maximum Gasteiger partial charge on any atom is 0.374 e. The standard InChI is InChI=1S/C15H15NO5/c1-15(2)7-19-11-4-3-9(5-12(11)20-8-15)10-6-13(14(17)18)21-16-10/h3-6H,7-8H2,1-2H3,(H,17,18). The number of ether oxygens (including phenoxy) is 2. The second-order valence-electron chi connectivity index (χ2n) is 5.78. The summed E-state index contributed by atoms with van der Waals surface area (Å²) in [5, 5.41) is 12.6. The first-order valence-electron chi connectivity index (χ1n) is 6.55. The first-order valence-corrected chi connectivity index (χ1v) is 6.55. The van der Waals surface area contributed by atoms with Gasteiger partial charge in [0, 0.05) is 17.0 Å². The molecule has 6 heteroatoms. The Balaban J connectivity index is 1.92. The van der Waals surface area contributed by atoms with Crippen molar-refractivity contribution < 1.29 is 23.9 Å². The smallest absolute Gasteiger partial charge is 0.374 e. The number of benzene rings is 1. The van der Waals surface area contributed by atoms with E-state index in [4.69, 9.17) is 19.1 Å². The summed E-state index contributed by atoms with van der Waals surface area (Å²) in [6, 6.07) is 6.75. The third kappa shape index (κ3) is 2.69. The van der Waals surface area contributed by atoms with Gasteiger partial charge in [-0.3, -0.25) is 0 Å². The Labute approximate surface area is 121 Å². The predicted molar refractivity (Wildman–Crippen MR) is 73.7 cm³/mol. The van der Waals surface area contributed by atoms with Gasteiger partial charge in [-0.25, -0.2) is 4.79 Å². The van der Waals surface area contributed by atoms with Gasteiger partial charge in [-0.1, -0.05) is 19.0 Å². The van der Waals surface area contributed by atoms with Crippen LogP contribution in [0.1, 0.15) is 24.4 Å². The maximum atomic E-state index is 10.8. The fraction of sp³-hybridized carbons (Fsp3) is 0.333. The Bertz CT molecular complexity index is 689. The summed E-state index contributed by atoms with van der Waals surface area (Å²) in [4.78, 5) is 10.8. The SMILES string of the molecule is CC1(C)COc2ccc(-c3cc(C(=O)O)on3)cc2OC1. The van der Waals surface area contributed by atoms with Gasteiger partial charge in [-0.05, 0) is 18.2 Å². The van der Waals surface area contributed by atoms with Crippen molar-refractivity contribution in [2.24, 2.45) is 5.41 Å². The summed E-state index contributed by atoms with van der Waals surface area (Å²) < 4.78 is 16.3. The molecule has 3 rings (SSSR count). The number of aromatic carboxylic acids is 1. The van der Waals surface area contributed by atoms with Crippen LogP contribution >= 0.6 is 0 Å². The summed E-state index contributed by atoms with van der Waals surface area (Å²) in [5.74, 6) is -0.0488. The lowest BCUT2D eigenvalue weighted by molar-refractivity contribution is 0.0652. The van der Waals surface area contributed by atoms with Gasteiger partial charge in [0.25, 0.3) is 0 Å². The highest BCUT2D eigenvalue weighted by Crippen LogP contribution is 2.36. The minimum absolute atomic E-state index is 0.0659. The molecular weight excluding hydrogens is 274 g/mol. The number of carboxylic acids is 1. The third-order valence-corrected chi connectivity index (χ3v) is 3.20. The number of hydrogen-bond donors (Lipinski definition) is 1. The van der Waals surface area contributed by atoms with E-state index in [1.807, 2.05) is 0 Å². The van der Waals surface area contributed by atoms with Crippen molar-refractivity contribution in [1.82, 2.24) is 5.16 Å². The molecule has 1 N–H and O–H groups in total. The van der Waals surface area contributed by atoms with Crippen LogP contribution in [0.4, 0.5) is 0 Å². The van der Waals surface area contributed by atoms with Gasteiger partial charge in [0.05, 0.1) is 13.2 Å². The first kappa shape index (κ1) is 13.5. The molecule has 0 unspecified atom stereocenters. The minimum atomic E-state index is -1.15. The van der Waals surface area contributed by atoms with E-state index >= 15 is 0 Å². The minimum Gasteiger partial charge on any atom is -0.489 e. The van der Waals surface area contributed by atoms with Crippen LogP contribution in [-0.2, 0) is 0 Å². The van der Waals surface area contributed by atoms with Crippen LogP contribution in [0.3, 0.4) is 0 Å². The van der Waals surface area contributed by atoms with E-state index in [0.717, 1.165) is 0 Å². The van der Waals surface area contributed by atoms with E-state index in [9.17, 15) is 4.79 Å². The second-order valence-corrected chi connectivity index (χ2v) is 5.78. The van der Waals surface area contributed by atoms with Gasteiger partial charge in [-0.15, -0.1) is 0 Å². The molecule has 0 saturated carbocycles. The molecule has 1 aliphatic rings. The Kier molecular flexibility index (Phi) is 3.08. The summed E-state index contributed by atoms with van der Waals surface area (Å²) >= 11 is 0. The monoisotopic (exact) mass is 289 g/mol. The van der Waals surface area contributed by atoms with Crippen molar-refractivity contribution in [1.29, 1.82) is 0 Å². The first-order chi connectivity index (χ1) is 9.94. The summed E-state index contributed by atoms with van der Waals surface area (Å²) in [7, 11) is 0. The molecule has 0 spiro atoms. The number of carboxylic acid groups (broad SMARTS) is 1. The summed E-state index contributed by atoms with van der Waals surface area (Å²) in [5.41, 5.74) is 1.10. The van der Waals surface area contributed by atoms with Gasteiger partial charge < -0.3 is 19.1 Å². The molecule has 0 saturated heterocycles. The normalized spacial score (nSPS) is 16.3. The molecule has 1 aromatic heterocycles. The van der Waals surface area contributed by atoms with Crippen molar-refractivity contribution in [3.63, 3.8) is 0 Å². The van der Waals surface area contributed by atoms with Crippen LogP contribution in [0.5, 0.6) is 11.5 Å². The number of fused-ring (bicyclic) bond motifs is 1. The molecule has 21 heavy (non-hydrogen) atoms. The van der Waals surface area contributed by atoms with Crippen molar-refractivity contribution in [3.05, 3.63) is 30.0 Å². The Morgan fingerprint density at radius 1 is 1.19 bits per heavy atom. The predicted octanol–water partition coefficient (Wildman–Crippen LogP) is 2.84. The molecule has 0 atom stereocenters. The van der Waals surface area contributed by atoms with Gasteiger partial charge in [0.15, 0.2) is 11.5 Å². The largest absolute Gasteiger partial charge is 0.489 e. The highest BCUT2D eigenvalue weighted by Gasteiger charge is 2.25. The van der Waals surface area contributed by atoms with Crippen LogP contribution in [0.2, 0.25) is 0 Å². The van der Waals surface area contributed by atoms with Crippen LogP contribution in [-0.4, -0.2) is 29.4 Å². The fourth-order valence-corrected chi connectivity index (χ4v) is 2.00. The van der Waals surface area contributed by atoms with E-state index in [1.54, 1.807) is 18.2 Å². The van der Waals surface area contributed by atoms with Crippen LogP contribution < -0.4 is 9.47 Å². The summed E-state index contributed by atoms with van der Waals surface area (Å²) in [6.45, 7) is 5.25. The highest BCUT2D eigenvalue weighted by atomic mass is 16.5. The van der Waals surface area contributed by atoms with Crippen molar-refractivity contribution in [2.75, 3.05) is 13.2 Å². The van der Waals surface area contributed by atoms with Gasteiger partial charge in [0.2, 0.25) is 5.76 Å². The molecule has 6 nitrogen and oxygen atoms in total. The quantitative estimate of drug-likeness (QED) is 0.915. The zero-order valence-corrected chi connectivity index (χ0v) is 11.8. The molecule has 2 aromatic rings. The lowest BCUT2D eigenvalue weighted by Gasteiger charge is -2.19. The maximum absolute atomic E-state index is 10.8. The van der Waals surface area contributed by atoms with Gasteiger partial charge in [0.1, 0.15) is 5.69 Å². The molecule has 0 aliphatic carbocycles. The van der Waals surface area contributed by atoms with Crippen molar-refractivity contribution in [2.45, 2.75) is 13.8 Å². The number of aromatic nitrogens is 1. The molecule has 110 valence electrons. The van der Waals surface area contributed by atoms with E-state index in [-0.39, 0.29) is 11.2 Å². The van der Waals surface area contributed by atoms with Gasteiger partial charge in [-0.2, -0.15) is 0 Å². The second kappa shape index (κ2) is 4.80. The lowest BCUT2D eigenvalue weighted by Crippen LogP contribution is -2.26. The molecule has 0 fully saturated rings. The molecule has 1 aromatic carbocycles. The van der Waals surface area contributed by atoms with Crippen molar-refractivity contribution >= 4 is 5.97 Å². The van der Waals surface area contributed by atoms with Crippen molar-refractivity contribution in [3.8, 4) is 22.8 Å². The molecular formula is C15H15NO5. The van der Waals surface area contributed by atoms with E-state index in [1.165, 1.54) is 6.07 Å². The number of rotatable bonds is 2. The zero-order valence-electron chi connectivity index (χ0n) is 11.8. The van der Waals surface area contributed by atoms with Crippen LogP contribution in [0, 0.1) is 5.41 Å². The fourth-order valence-electron chi connectivity index (χ4n) is 2.00. The molecule has 2 heterocycles. The van der Waals surface area contributed by atoms with E-state index in [2.05, 4.69) is 19.0 Å². The average molecular weight is 289 g/mol. The number of nitrogens with zero attached hydrogens (tertiary/aromatic N) is 1. The lowest BCUT2D eigenvalue weighted by atomic mass is 9.97. The topological polar surface area (TPSA) is 81.8 Å². The molecule has 0 bridgehead atoms. The van der Waals surface area contributed by atoms with E-state index < -0.39 is 5.97 Å². The number of carbonyl (C=O) groups is 1. The van der Waals surface area contributed by atoms with E-state index in [0.29, 0.717) is 36.0 Å². The van der Waals surface area contributed by atoms with Crippen LogP contribution in [0.15, 0.2) is 28.8 Å². The third-order valence-electron chi connectivity index (χ3n) is 3.20. The summed E-state index contributed by atoms with van der Waals surface area (Å²) in [6.07, 6.45) is 0. The van der Waals surface area contributed by atoms with Gasteiger partial charge >= 0.3 is 5.97 Å².